The first-order chi connectivity index (χ1) is 11.6. The number of benzene rings is 1. The van der Waals surface area contributed by atoms with Gasteiger partial charge >= 0.3 is 0 Å². The van der Waals surface area contributed by atoms with Crippen molar-refractivity contribution >= 4 is 5.91 Å². The molecule has 0 N–H and O–H groups in total. The summed E-state index contributed by atoms with van der Waals surface area (Å²) in [6, 6.07) is 9.01. The molecule has 24 heavy (non-hydrogen) atoms. The Balaban J connectivity index is 1.72. The Morgan fingerprint density at radius 3 is 2.71 bits per heavy atom. The molecule has 0 fully saturated rings. The van der Waals surface area contributed by atoms with E-state index in [4.69, 9.17) is 0 Å². The molecule has 1 atom stereocenters. The normalized spacial score (nSPS) is 12.1. The van der Waals surface area contributed by atoms with Gasteiger partial charge in [-0.25, -0.2) is 4.98 Å². The van der Waals surface area contributed by atoms with Gasteiger partial charge in [-0.15, -0.1) is 10.2 Å². The molecule has 0 aliphatic rings. The number of carbonyl (C=O) groups is 1. The molecule has 2 aromatic heterocycles. The summed E-state index contributed by atoms with van der Waals surface area (Å²) in [6.07, 6.45) is 3.56. The molecule has 2 heterocycles. The number of carbonyl (C=O) groups excluding carboxylic acids is 1. The first-order valence-corrected chi connectivity index (χ1v) is 7.62. The summed E-state index contributed by atoms with van der Waals surface area (Å²) in [5.74, 6) is 1.21. The van der Waals surface area contributed by atoms with E-state index >= 15 is 0 Å². The predicted octanol–water partition coefficient (Wildman–Crippen LogP) is 1.29. The van der Waals surface area contributed by atoms with Crippen LogP contribution in [0.1, 0.15) is 18.8 Å². The maximum absolute atomic E-state index is 12.6. The number of hydrogen-bond acceptors (Lipinski definition) is 5. The number of amides is 1. The average Bonchev–Trinajstić information content (AvgIpc) is 3.24. The van der Waals surface area contributed by atoms with Crippen LogP contribution in [0.4, 0.5) is 0 Å². The summed E-state index contributed by atoms with van der Waals surface area (Å²) in [5, 5.41) is 12.4. The van der Waals surface area contributed by atoms with Gasteiger partial charge in [-0.2, -0.15) is 4.80 Å². The van der Waals surface area contributed by atoms with Gasteiger partial charge in [-0.3, -0.25) is 4.79 Å². The lowest BCUT2D eigenvalue weighted by molar-refractivity contribution is -0.134. The minimum Gasteiger partial charge on any atom is -0.337 e. The zero-order valence-electron chi connectivity index (χ0n) is 13.9. The van der Waals surface area contributed by atoms with E-state index in [1.54, 1.807) is 25.1 Å². The molecule has 0 radical (unpaired) electrons. The highest BCUT2D eigenvalue weighted by atomic mass is 16.2. The smallest absolute Gasteiger partial charge is 0.249 e. The Kier molecular flexibility index (Phi) is 4.37. The minimum absolute atomic E-state index is 0.102. The highest BCUT2D eigenvalue weighted by Crippen LogP contribution is 2.14. The number of hydrogen-bond donors (Lipinski definition) is 0. The second-order valence-electron chi connectivity index (χ2n) is 5.62. The number of aromatic nitrogens is 6. The van der Waals surface area contributed by atoms with Gasteiger partial charge in [0, 0.05) is 32.1 Å². The molecule has 0 aliphatic heterocycles. The summed E-state index contributed by atoms with van der Waals surface area (Å²) in [6.45, 7) is 2.18. The fraction of sp³-hybridized carbons (Fsp3) is 0.312. The number of nitrogens with zero attached hydrogens (tertiary/aromatic N) is 7. The van der Waals surface area contributed by atoms with Gasteiger partial charge in [0.25, 0.3) is 0 Å². The monoisotopic (exact) mass is 325 g/mol. The lowest BCUT2D eigenvalue weighted by Crippen LogP contribution is -2.34. The molecule has 0 unspecified atom stereocenters. The first kappa shape index (κ1) is 15.9. The van der Waals surface area contributed by atoms with E-state index in [-0.39, 0.29) is 5.91 Å². The third-order valence-corrected chi connectivity index (χ3v) is 3.84. The SMILES string of the molecule is C[C@H](C(=O)N(C)Cc1nccn1C)n1nnc(-c2ccccc2)n1. The quantitative estimate of drug-likeness (QED) is 0.706. The largest absolute Gasteiger partial charge is 0.337 e. The molecule has 0 saturated heterocycles. The fourth-order valence-electron chi connectivity index (χ4n) is 2.35. The van der Waals surface area contributed by atoms with Crippen LogP contribution in [0.5, 0.6) is 0 Å². The van der Waals surface area contributed by atoms with E-state index in [2.05, 4.69) is 20.4 Å². The topological polar surface area (TPSA) is 81.7 Å². The molecule has 3 aromatic rings. The standard InChI is InChI=1S/C16H19N7O/c1-12(16(24)22(3)11-14-17-9-10-21(14)2)23-19-15(18-20-23)13-7-5-4-6-8-13/h4-10,12H,11H2,1-3H3/t12-/m1/s1. The summed E-state index contributed by atoms with van der Waals surface area (Å²) in [7, 11) is 3.64. The maximum atomic E-state index is 12.6. The lowest BCUT2D eigenvalue weighted by atomic mass is 10.2. The van der Waals surface area contributed by atoms with Crippen LogP contribution in [-0.4, -0.2) is 47.6 Å². The number of imidazole rings is 1. The van der Waals surface area contributed by atoms with Crippen LogP contribution < -0.4 is 0 Å². The van der Waals surface area contributed by atoms with Gasteiger partial charge < -0.3 is 9.47 Å². The molecule has 1 amide bonds. The second kappa shape index (κ2) is 6.61. The van der Waals surface area contributed by atoms with Crippen LogP contribution in [0.3, 0.4) is 0 Å². The third kappa shape index (κ3) is 3.17. The van der Waals surface area contributed by atoms with Crippen molar-refractivity contribution in [2.45, 2.75) is 19.5 Å². The van der Waals surface area contributed by atoms with Crippen LogP contribution in [0, 0.1) is 0 Å². The highest BCUT2D eigenvalue weighted by molar-refractivity contribution is 5.79. The van der Waals surface area contributed by atoms with Crippen molar-refractivity contribution in [3.63, 3.8) is 0 Å². The number of likely N-dealkylation sites (N-methyl/N-ethyl adjacent to an activating group) is 1. The Morgan fingerprint density at radius 1 is 1.29 bits per heavy atom. The van der Waals surface area contributed by atoms with Crippen LogP contribution in [0.25, 0.3) is 11.4 Å². The van der Waals surface area contributed by atoms with Crippen LogP contribution in [-0.2, 0) is 18.4 Å². The first-order valence-electron chi connectivity index (χ1n) is 7.62. The van der Waals surface area contributed by atoms with Gasteiger partial charge in [0.1, 0.15) is 11.9 Å². The molecule has 0 saturated carbocycles. The molecule has 3 rings (SSSR count). The van der Waals surface area contributed by atoms with E-state index in [1.807, 2.05) is 48.1 Å². The van der Waals surface area contributed by atoms with Crippen LogP contribution in [0.2, 0.25) is 0 Å². The molecule has 0 bridgehead atoms. The third-order valence-electron chi connectivity index (χ3n) is 3.84. The Hall–Kier alpha value is -3.03. The predicted molar refractivity (Wildman–Crippen MR) is 87.6 cm³/mol. The van der Waals surface area contributed by atoms with Gasteiger partial charge in [0.15, 0.2) is 0 Å². The summed E-state index contributed by atoms with van der Waals surface area (Å²) < 4.78 is 1.88. The maximum Gasteiger partial charge on any atom is 0.249 e. The summed E-state index contributed by atoms with van der Waals surface area (Å²) >= 11 is 0. The minimum atomic E-state index is -0.541. The Labute approximate surface area is 139 Å². The van der Waals surface area contributed by atoms with Crippen molar-refractivity contribution in [2.75, 3.05) is 7.05 Å². The number of aryl methyl sites for hydroxylation is 1. The molecule has 0 aliphatic carbocycles. The molecule has 8 nitrogen and oxygen atoms in total. The van der Waals surface area contributed by atoms with E-state index in [0.29, 0.717) is 12.4 Å². The molecule has 124 valence electrons. The average molecular weight is 325 g/mol. The zero-order chi connectivity index (χ0) is 17.1. The summed E-state index contributed by atoms with van der Waals surface area (Å²) in [4.78, 5) is 19.8. The van der Waals surface area contributed by atoms with Crippen molar-refractivity contribution in [2.24, 2.45) is 7.05 Å². The zero-order valence-corrected chi connectivity index (χ0v) is 13.9. The van der Waals surface area contributed by atoms with Gasteiger partial charge in [0.2, 0.25) is 11.7 Å². The number of tetrazole rings is 1. The van der Waals surface area contributed by atoms with Crippen LogP contribution >= 0.6 is 0 Å². The van der Waals surface area contributed by atoms with E-state index in [1.165, 1.54) is 4.80 Å². The van der Waals surface area contributed by atoms with Crippen molar-refractivity contribution in [3.8, 4) is 11.4 Å². The Morgan fingerprint density at radius 2 is 2.04 bits per heavy atom. The second-order valence-corrected chi connectivity index (χ2v) is 5.62. The summed E-state index contributed by atoms with van der Waals surface area (Å²) in [5.41, 5.74) is 0.866. The van der Waals surface area contributed by atoms with Crippen LogP contribution in [0.15, 0.2) is 42.7 Å². The van der Waals surface area contributed by atoms with Crippen molar-refractivity contribution in [1.82, 2.24) is 34.7 Å². The van der Waals surface area contributed by atoms with E-state index < -0.39 is 6.04 Å². The van der Waals surface area contributed by atoms with Gasteiger partial charge in [0.05, 0.1) is 6.54 Å². The van der Waals surface area contributed by atoms with Gasteiger partial charge in [-0.05, 0) is 12.1 Å². The molecule has 1 aromatic carbocycles. The highest BCUT2D eigenvalue weighted by Gasteiger charge is 2.23. The van der Waals surface area contributed by atoms with Crippen molar-refractivity contribution in [1.29, 1.82) is 0 Å². The number of rotatable bonds is 5. The molecular weight excluding hydrogens is 306 g/mol. The molecule has 8 heteroatoms. The fourth-order valence-corrected chi connectivity index (χ4v) is 2.35. The van der Waals surface area contributed by atoms with Crippen molar-refractivity contribution in [3.05, 3.63) is 48.5 Å². The van der Waals surface area contributed by atoms with Gasteiger partial charge in [-0.1, -0.05) is 30.3 Å². The van der Waals surface area contributed by atoms with Crippen molar-refractivity contribution < 1.29 is 4.79 Å². The lowest BCUT2D eigenvalue weighted by Gasteiger charge is -2.20. The molecular formula is C16H19N7O. The van der Waals surface area contributed by atoms with E-state index in [9.17, 15) is 4.79 Å². The Bertz CT molecular complexity index is 824. The van der Waals surface area contributed by atoms with E-state index in [0.717, 1.165) is 11.4 Å². The molecule has 0 spiro atoms.